The second kappa shape index (κ2) is 8.25. The number of nitrogens with zero attached hydrogens (tertiary/aromatic N) is 1. The highest BCUT2D eigenvalue weighted by atomic mass is 35.5. The number of anilines is 1. The zero-order valence-corrected chi connectivity index (χ0v) is 15.3. The summed E-state index contributed by atoms with van der Waals surface area (Å²) in [6.45, 7) is 2.36. The number of hydrogen-bond donors (Lipinski definition) is 2. The average Bonchev–Trinajstić information content (AvgIpc) is 3.13. The lowest BCUT2D eigenvalue weighted by atomic mass is 10.0. The van der Waals surface area contributed by atoms with Crippen molar-refractivity contribution < 1.29 is 10.1 Å². The summed E-state index contributed by atoms with van der Waals surface area (Å²) in [4.78, 5) is 17.5. The number of benzene rings is 1. The molecule has 128 valence electrons. The number of aromatic nitrogens is 1. The van der Waals surface area contributed by atoms with Crippen LogP contribution in [0.25, 0.3) is 0 Å². The van der Waals surface area contributed by atoms with Crippen molar-refractivity contribution in [3.8, 4) is 0 Å². The van der Waals surface area contributed by atoms with E-state index in [2.05, 4.69) is 52.9 Å². The van der Waals surface area contributed by atoms with Crippen LogP contribution in [0.5, 0.6) is 0 Å². The molecule has 25 heavy (non-hydrogen) atoms. The first-order valence-electron chi connectivity index (χ1n) is 7.97. The van der Waals surface area contributed by atoms with Gasteiger partial charge in [0.05, 0.1) is 10.6 Å². The Kier molecular flexibility index (Phi) is 5.81. The molecule has 3 rings (SSSR count). The van der Waals surface area contributed by atoms with Crippen molar-refractivity contribution in [2.24, 2.45) is 0 Å². The van der Waals surface area contributed by atoms with Crippen LogP contribution < -0.4 is 10.6 Å². The largest absolute Gasteiger partial charge is 0.328 e. The van der Waals surface area contributed by atoms with Gasteiger partial charge in [0.25, 0.3) is 5.91 Å². The third-order valence-corrected chi connectivity index (χ3v) is 5.11. The third kappa shape index (κ3) is 4.66. The van der Waals surface area contributed by atoms with Crippen molar-refractivity contribution in [1.82, 2.24) is 4.98 Å². The predicted molar refractivity (Wildman–Crippen MR) is 102 cm³/mol. The number of carbonyl (C=O) groups is 1. The molecule has 0 saturated heterocycles. The number of carbonyl (C=O) groups excluding carboxylic acids is 1. The Morgan fingerprint density at radius 2 is 2.04 bits per heavy atom. The predicted octanol–water partition coefficient (Wildman–Crippen LogP) is 3.40. The van der Waals surface area contributed by atoms with Gasteiger partial charge in [0.1, 0.15) is 6.04 Å². The summed E-state index contributed by atoms with van der Waals surface area (Å²) >= 11 is 7.68. The van der Waals surface area contributed by atoms with Gasteiger partial charge in [0.2, 0.25) is 0 Å². The number of thiophene rings is 1. The van der Waals surface area contributed by atoms with Gasteiger partial charge in [-0.3, -0.25) is 4.79 Å². The molecule has 0 bridgehead atoms. The molecule has 1 aromatic carbocycles. The fourth-order valence-corrected chi connectivity index (χ4v) is 3.58. The molecule has 0 aliphatic heterocycles. The van der Waals surface area contributed by atoms with Crippen LogP contribution in [-0.4, -0.2) is 17.4 Å². The summed E-state index contributed by atoms with van der Waals surface area (Å²) in [5.41, 5.74) is 2.93. The van der Waals surface area contributed by atoms with E-state index in [0.29, 0.717) is 17.4 Å². The molecule has 3 aromatic rings. The van der Waals surface area contributed by atoms with E-state index in [1.807, 2.05) is 11.4 Å². The SMILES string of the molecule is Cc1ccc([C@@H]([NH2+]CC(=O)Nc2cccnc2Cl)c2cccs2)cc1. The van der Waals surface area contributed by atoms with Crippen molar-refractivity contribution in [2.45, 2.75) is 13.0 Å². The molecule has 0 unspecified atom stereocenters. The van der Waals surface area contributed by atoms with E-state index in [1.165, 1.54) is 16.0 Å². The van der Waals surface area contributed by atoms with Crippen LogP contribution in [0.2, 0.25) is 5.15 Å². The number of aryl methyl sites for hydroxylation is 1. The minimum Gasteiger partial charge on any atom is -0.328 e. The average molecular weight is 373 g/mol. The van der Waals surface area contributed by atoms with Crippen LogP contribution in [0.3, 0.4) is 0 Å². The Bertz CT molecular complexity index is 834. The maximum Gasteiger partial charge on any atom is 0.279 e. The summed E-state index contributed by atoms with van der Waals surface area (Å²) in [5, 5.41) is 7.20. The Hall–Kier alpha value is -2.21. The molecule has 6 heteroatoms. The topological polar surface area (TPSA) is 58.6 Å². The van der Waals surface area contributed by atoms with Crippen LogP contribution in [0, 0.1) is 6.92 Å². The van der Waals surface area contributed by atoms with E-state index in [9.17, 15) is 4.79 Å². The summed E-state index contributed by atoms with van der Waals surface area (Å²) < 4.78 is 0. The number of nitrogens with two attached hydrogens (primary N) is 1. The highest BCUT2D eigenvalue weighted by Gasteiger charge is 2.20. The van der Waals surface area contributed by atoms with E-state index in [0.717, 1.165) is 0 Å². The van der Waals surface area contributed by atoms with Gasteiger partial charge in [-0.1, -0.05) is 47.5 Å². The van der Waals surface area contributed by atoms with Gasteiger partial charge in [-0.15, -0.1) is 11.3 Å². The Morgan fingerprint density at radius 1 is 1.24 bits per heavy atom. The lowest BCUT2D eigenvalue weighted by Gasteiger charge is -2.15. The van der Waals surface area contributed by atoms with Crippen LogP contribution >= 0.6 is 22.9 Å². The highest BCUT2D eigenvalue weighted by Crippen LogP contribution is 2.23. The molecule has 0 spiro atoms. The molecule has 0 radical (unpaired) electrons. The maximum atomic E-state index is 12.3. The molecule has 0 aliphatic rings. The fraction of sp³-hybridized carbons (Fsp3) is 0.158. The van der Waals surface area contributed by atoms with Gasteiger partial charge in [-0.2, -0.15) is 0 Å². The number of pyridine rings is 1. The first kappa shape index (κ1) is 17.6. The smallest absolute Gasteiger partial charge is 0.279 e. The molecule has 2 aromatic heterocycles. The van der Waals surface area contributed by atoms with Crippen LogP contribution in [0.15, 0.2) is 60.1 Å². The maximum absolute atomic E-state index is 12.3. The number of quaternary nitrogens is 1. The summed E-state index contributed by atoms with van der Waals surface area (Å²) in [5.74, 6) is -0.108. The van der Waals surface area contributed by atoms with Gasteiger partial charge in [0, 0.05) is 11.8 Å². The normalized spacial score (nSPS) is 11.9. The second-order valence-corrected chi connectivity index (χ2v) is 7.07. The number of amides is 1. The number of halogens is 1. The molecule has 2 heterocycles. The van der Waals surface area contributed by atoms with Gasteiger partial charge >= 0.3 is 0 Å². The molecule has 0 aliphatic carbocycles. The minimum atomic E-state index is -0.108. The molecule has 1 amide bonds. The minimum absolute atomic E-state index is 0.0933. The first-order chi connectivity index (χ1) is 12.1. The van der Waals surface area contributed by atoms with E-state index < -0.39 is 0 Å². The van der Waals surface area contributed by atoms with Gasteiger partial charge < -0.3 is 10.6 Å². The van der Waals surface area contributed by atoms with E-state index in [4.69, 9.17) is 11.6 Å². The summed E-state index contributed by atoms with van der Waals surface area (Å²) in [6, 6.07) is 16.1. The molecule has 0 fully saturated rings. The number of nitrogens with one attached hydrogen (secondary N) is 1. The van der Waals surface area contributed by atoms with Crippen molar-refractivity contribution in [1.29, 1.82) is 0 Å². The van der Waals surface area contributed by atoms with E-state index in [1.54, 1.807) is 29.7 Å². The molecule has 1 atom stereocenters. The molecular weight excluding hydrogens is 354 g/mol. The monoisotopic (exact) mass is 372 g/mol. The second-order valence-electron chi connectivity index (χ2n) is 5.73. The Morgan fingerprint density at radius 3 is 2.72 bits per heavy atom. The van der Waals surface area contributed by atoms with Crippen molar-refractivity contribution in [3.05, 3.63) is 81.3 Å². The first-order valence-corrected chi connectivity index (χ1v) is 9.23. The molecule has 0 saturated carbocycles. The molecular formula is C19H19ClN3OS+. The van der Waals surface area contributed by atoms with Crippen molar-refractivity contribution in [2.75, 3.05) is 11.9 Å². The standard InChI is InChI=1S/C19H18ClN3OS/c1-13-6-8-14(9-7-13)18(16-5-3-11-25-16)22-12-17(24)23-15-4-2-10-21-19(15)20/h2-11,18,22H,12H2,1H3,(H,23,24)/p+1/t18-/m1/s1. The quantitative estimate of drug-likeness (QED) is 0.651. The summed E-state index contributed by atoms with van der Waals surface area (Å²) in [7, 11) is 0. The molecule has 4 nitrogen and oxygen atoms in total. The van der Waals surface area contributed by atoms with Crippen LogP contribution in [0.4, 0.5) is 5.69 Å². The zero-order chi connectivity index (χ0) is 17.6. The highest BCUT2D eigenvalue weighted by molar-refractivity contribution is 7.10. The van der Waals surface area contributed by atoms with Crippen LogP contribution in [0.1, 0.15) is 22.0 Å². The van der Waals surface area contributed by atoms with E-state index >= 15 is 0 Å². The van der Waals surface area contributed by atoms with Gasteiger partial charge in [0.15, 0.2) is 11.7 Å². The lowest BCUT2D eigenvalue weighted by Crippen LogP contribution is -2.87. The Labute approximate surface area is 155 Å². The van der Waals surface area contributed by atoms with Crippen LogP contribution in [-0.2, 0) is 4.79 Å². The number of rotatable bonds is 6. The molecule has 3 N–H and O–H groups in total. The number of hydrogen-bond acceptors (Lipinski definition) is 3. The zero-order valence-electron chi connectivity index (χ0n) is 13.8. The third-order valence-electron chi connectivity index (χ3n) is 3.86. The van der Waals surface area contributed by atoms with Crippen molar-refractivity contribution >= 4 is 34.5 Å². The Balaban J connectivity index is 1.70. The summed E-state index contributed by atoms with van der Waals surface area (Å²) in [6.07, 6.45) is 1.59. The van der Waals surface area contributed by atoms with Gasteiger partial charge in [-0.25, -0.2) is 4.98 Å². The lowest BCUT2D eigenvalue weighted by molar-refractivity contribution is -0.675. The van der Waals surface area contributed by atoms with Crippen molar-refractivity contribution in [3.63, 3.8) is 0 Å². The van der Waals surface area contributed by atoms with Gasteiger partial charge in [-0.05, 0) is 30.5 Å². The van der Waals surface area contributed by atoms with E-state index in [-0.39, 0.29) is 11.9 Å². The fourth-order valence-electron chi connectivity index (χ4n) is 2.56.